The van der Waals surface area contributed by atoms with E-state index in [1.807, 2.05) is 24.3 Å². The van der Waals surface area contributed by atoms with Gasteiger partial charge in [0.05, 0.1) is 6.61 Å². The van der Waals surface area contributed by atoms with Crippen LogP contribution in [0.5, 0.6) is 0 Å². The van der Waals surface area contributed by atoms with Crippen molar-refractivity contribution >= 4 is 35.6 Å². The first-order valence-corrected chi connectivity index (χ1v) is 8.32. The van der Waals surface area contributed by atoms with Crippen LogP contribution in [-0.2, 0) is 17.8 Å². The van der Waals surface area contributed by atoms with Crippen LogP contribution in [0.4, 0.5) is 14.5 Å². The van der Waals surface area contributed by atoms with E-state index in [2.05, 4.69) is 20.9 Å². The predicted octanol–water partition coefficient (Wildman–Crippen LogP) is 3.51. The standard InChI is InChI=1S/C19H24F2N4O.HI/c1-22-19(25-13-15-11-16(20)5-8-18(15)21)24-12-14-3-6-17(7-4-14)23-9-10-26-2;/h3-8,11,23H,9-10,12-13H2,1-2H3,(H2,22,24,25);1H. The number of anilines is 1. The molecule has 2 aromatic carbocycles. The summed E-state index contributed by atoms with van der Waals surface area (Å²) in [4.78, 5) is 4.09. The molecule has 0 aromatic heterocycles. The molecule has 0 spiro atoms. The molecule has 5 nitrogen and oxygen atoms in total. The number of rotatable bonds is 8. The lowest BCUT2D eigenvalue weighted by molar-refractivity contribution is 0.211. The molecule has 0 atom stereocenters. The Hall–Kier alpha value is -1.94. The molecule has 2 aromatic rings. The summed E-state index contributed by atoms with van der Waals surface area (Å²) in [6.07, 6.45) is 0. The Bertz CT molecular complexity index is 726. The number of nitrogens with one attached hydrogen (secondary N) is 3. The van der Waals surface area contributed by atoms with Gasteiger partial charge in [-0.25, -0.2) is 8.78 Å². The monoisotopic (exact) mass is 490 g/mol. The minimum atomic E-state index is -0.467. The molecule has 148 valence electrons. The Morgan fingerprint density at radius 2 is 1.74 bits per heavy atom. The second-order valence-electron chi connectivity index (χ2n) is 5.63. The first kappa shape index (κ1) is 23.1. The highest BCUT2D eigenvalue weighted by molar-refractivity contribution is 14.0. The lowest BCUT2D eigenvalue weighted by Gasteiger charge is -2.13. The van der Waals surface area contributed by atoms with Gasteiger partial charge in [0.15, 0.2) is 5.96 Å². The molecule has 8 heteroatoms. The summed E-state index contributed by atoms with van der Waals surface area (Å²) in [7, 11) is 3.29. The third-order valence-electron chi connectivity index (χ3n) is 3.73. The van der Waals surface area contributed by atoms with Crippen molar-refractivity contribution < 1.29 is 13.5 Å². The van der Waals surface area contributed by atoms with E-state index in [0.717, 1.165) is 29.9 Å². The molecule has 0 heterocycles. The number of benzene rings is 2. The molecule has 3 N–H and O–H groups in total. The maximum atomic E-state index is 13.6. The molecule has 0 fully saturated rings. The van der Waals surface area contributed by atoms with Crippen LogP contribution >= 0.6 is 24.0 Å². The summed E-state index contributed by atoms with van der Waals surface area (Å²) < 4.78 is 31.8. The van der Waals surface area contributed by atoms with E-state index in [0.29, 0.717) is 19.1 Å². The van der Waals surface area contributed by atoms with Crippen molar-refractivity contribution in [3.63, 3.8) is 0 Å². The van der Waals surface area contributed by atoms with Crippen LogP contribution in [0.1, 0.15) is 11.1 Å². The number of ether oxygens (including phenoxy) is 1. The Morgan fingerprint density at radius 3 is 2.41 bits per heavy atom. The van der Waals surface area contributed by atoms with Crippen LogP contribution in [0, 0.1) is 11.6 Å². The van der Waals surface area contributed by atoms with Crippen LogP contribution in [0.15, 0.2) is 47.5 Å². The van der Waals surface area contributed by atoms with Gasteiger partial charge in [-0.2, -0.15) is 0 Å². The Kier molecular flexibility index (Phi) is 10.6. The number of methoxy groups -OCH3 is 1. The number of aliphatic imine (C=N–C) groups is 1. The summed E-state index contributed by atoms with van der Waals surface area (Å²) in [6.45, 7) is 2.10. The van der Waals surface area contributed by atoms with Gasteiger partial charge in [-0.05, 0) is 35.9 Å². The zero-order valence-corrected chi connectivity index (χ0v) is 17.7. The highest BCUT2D eigenvalue weighted by Crippen LogP contribution is 2.10. The van der Waals surface area contributed by atoms with Crippen molar-refractivity contribution in [3.8, 4) is 0 Å². The quantitative estimate of drug-likeness (QED) is 0.230. The fraction of sp³-hybridized carbons (Fsp3) is 0.316. The Balaban J connectivity index is 0.00000364. The summed E-state index contributed by atoms with van der Waals surface area (Å²) in [5, 5.41) is 9.37. The van der Waals surface area contributed by atoms with Crippen LogP contribution in [0.25, 0.3) is 0 Å². The molecular formula is C19H25F2IN4O. The average molecular weight is 490 g/mol. The molecule has 0 aliphatic carbocycles. The third kappa shape index (κ3) is 8.08. The zero-order chi connectivity index (χ0) is 18.8. The number of halogens is 3. The molecule has 0 saturated carbocycles. The molecule has 0 radical (unpaired) electrons. The van der Waals surface area contributed by atoms with E-state index in [1.54, 1.807) is 14.2 Å². The minimum Gasteiger partial charge on any atom is -0.383 e. The van der Waals surface area contributed by atoms with Crippen LogP contribution in [0.3, 0.4) is 0 Å². The van der Waals surface area contributed by atoms with Gasteiger partial charge in [0.25, 0.3) is 0 Å². The van der Waals surface area contributed by atoms with Crippen molar-refractivity contribution in [2.45, 2.75) is 13.1 Å². The number of guanidine groups is 1. The van der Waals surface area contributed by atoms with E-state index >= 15 is 0 Å². The molecule has 27 heavy (non-hydrogen) atoms. The molecule has 0 aliphatic heterocycles. The molecule has 0 unspecified atom stereocenters. The third-order valence-corrected chi connectivity index (χ3v) is 3.73. The summed E-state index contributed by atoms with van der Waals surface area (Å²) >= 11 is 0. The van der Waals surface area contributed by atoms with E-state index in [-0.39, 0.29) is 36.1 Å². The van der Waals surface area contributed by atoms with Gasteiger partial charge >= 0.3 is 0 Å². The molecule has 0 bridgehead atoms. The van der Waals surface area contributed by atoms with E-state index in [9.17, 15) is 8.78 Å². The summed E-state index contributed by atoms with van der Waals surface area (Å²) in [5.74, 6) is -0.410. The number of nitrogens with zero attached hydrogens (tertiary/aromatic N) is 1. The molecule has 0 amide bonds. The highest BCUT2D eigenvalue weighted by atomic mass is 127. The molecular weight excluding hydrogens is 465 g/mol. The van der Waals surface area contributed by atoms with Gasteiger partial charge < -0.3 is 20.7 Å². The fourth-order valence-corrected chi connectivity index (χ4v) is 2.30. The van der Waals surface area contributed by atoms with Crippen molar-refractivity contribution in [1.29, 1.82) is 0 Å². The maximum absolute atomic E-state index is 13.6. The van der Waals surface area contributed by atoms with Crippen molar-refractivity contribution in [3.05, 3.63) is 65.2 Å². The van der Waals surface area contributed by atoms with Crippen LogP contribution < -0.4 is 16.0 Å². The van der Waals surface area contributed by atoms with Crippen molar-refractivity contribution in [2.24, 2.45) is 4.99 Å². The molecule has 0 aliphatic rings. The van der Waals surface area contributed by atoms with Gasteiger partial charge in [-0.15, -0.1) is 24.0 Å². The number of hydrogen-bond donors (Lipinski definition) is 3. The Labute approximate surface area is 175 Å². The molecule has 2 rings (SSSR count). The van der Waals surface area contributed by atoms with Gasteiger partial charge in [0.2, 0.25) is 0 Å². The fourth-order valence-electron chi connectivity index (χ4n) is 2.30. The highest BCUT2D eigenvalue weighted by Gasteiger charge is 2.05. The minimum absolute atomic E-state index is 0. The lowest BCUT2D eigenvalue weighted by Crippen LogP contribution is -2.36. The smallest absolute Gasteiger partial charge is 0.191 e. The van der Waals surface area contributed by atoms with Gasteiger partial charge in [0, 0.05) is 45.0 Å². The zero-order valence-electron chi connectivity index (χ0n) is 15.4. The van der Waals surface area contributed by atoms with Crippen LogP contribution in [-0.4, -0.2) is 33.3 Å². The SMILES string of the molecule is CN=C(NCc1ccc(NCCOC)cc1)NCc1cc(F)ccc1F.I. The first-order chi connectivity index (χ1) is 12.6. The molecule has 0 saturated heterocycles. The van der Waals surface area contributed by atoms with Crippen molar-refractivity contribution in [2.75, 3.05) is 32.6 Å². The maximum Gasteiger partial charge on any atom is 0.191 e. The summed E-state index contributed by atoms with van der Waals surface area (Å²) in [5.41, 5.74) is 2.34. The van der Waals surface area contributed by atoms with Crippen molar-refractivity contribution in [1.82, 2.24) is 10.6 Å². The Morgan fingerprint density at radius 1 is 1.04 bits per heavy atom. The van der Waals surface area contributed by atoms with E-state index < -0.39 is 11.6 Å². The normalized spacial score (nSPS) is 10.9. The predicted molar refractivity (Wildman–Crippen MR) is 116 cm³/mol. The largest absolute Gasteiger partial charge is 0.383 e. The first-order valence-electron chi connectivity index (χ1n) is 8.32. The summed E-state index contributed by atoms with van der Waals surface area (Å²) in [6, 6.07) is 11.4. The van der Waals surface area contributed by atoms with E-state index in [4.69, 9.17) is 4.74 Å². The van der Waals surface area contributed by atoms with Gasteiger partial charge in [0.1, 0.15) is 11.6 Å². The number of hydrogen-bond acceptors (Lipinski definition) is 3. The average Bonchev–Trinajstić information content (AvgIpc) is 2.66. The van der Waals surface area contributed by atoms with Crippen LogP contribution in [0.2, 0.25) is 0 Å². The lowest BCUT2D eigenvalue weighted by atomic mass is 10.2. The van der Waals surface area contributed by atoms with E-state index in [1.165, 1.54) is 6.07 Å². The van der Waals surface area contributed by atoms with Gasteiger partial charge in [-0.3, -0.25) is 4.99 Å². The second-order valence-corrected chi connectivity index (χ2v) is 5.63. The second kappa shape index (κ2) is 12.4. The topological polar surface area (TPSA) is 57.7 Å². The van der Waals surface area contributed by atoms with Gasteiger partial charge in [-0.1, -0.05) is 12.1 Å².